The Balaban J connectivity index is 2.17. The number of nitrogens with zero attached hydrogens (tertiary/aromatic N) is 2. The SMILES string of the molecule is CCCCCCCC(=O)NNC(=O)Cn1nc(C)cc1C. The van der Waals surface area contributed by atoms with Gasteiger partial charge in [-0.15, -0.1) is 0 Å². The van der Waals surface area contributed by atoms with Gasteiger partial charge in [0.1, 0.15) is 6.54 Å². The monoisotopic (exact) mass is 294 g/mol. The van der Waals surface area contributed by atoms with E-state index in [2.05, 4.69) is 22.9 Å². The molecule has 0 radical (unpaired) electrons. The fourth-order valence-corrected chi connectivity index (χ4v) is 2.10. The third kappa shape index (κ3) is 6.92. The molecule has 0 aromatic carbocycles. The number of hydrazine groups is 1. The number of hydrogen-bond acceptors (Lipinski definition) is 3. The van der Waals surface area contributed by atoms with Crippen LogP contribution in [-0.2, 0) is 16.1 Å². The first kappa shape index (κ1) is 17.2. The van der Waals surface area contributed by atoms with E-state index in [0.29, 0.717) is 6.42 Å². The molecule has 0 aliphatic rings. The van der Waals surface area contributed by atoms with E-state index < -0.39 is 0 Å². The number of unbranched alkanes of at least 4 members (excludes halogenated alkanes) is 4. The first-order chi connectivity index (χ1) is 10.0. The van der Waals surface area contributed by atoms with E-state index in [4.69, 9.17) is 0 Å². The highest BCUT2D eigenvalue weighted by molar-refractivity contribution is 5.81. The van der Waals surface area contributed by atoms with Crippen LogP contribution in [0.15, 0.2) is 6.07 Å². The van der Waals surface area contributed by atoms with Gasteiger partial charge in [0.2, 0.25) is 5.91 Å². The first-order valence-electron chi connectivity index (χ1n) is 7.61. The van der Waals surface area contributed by atoms with Gasteiger partial charge in [0, 0.05) is 12.1 Å². The highest BCUT2D eigenvalue weighted by atomic mass is 16.2. The minimum atomic E-state index is -0.277. The summed E-state index contributed by atoms with van der Waals surface area (Å²) in [4.78, 5) is 23.3. The quantitative estimate of drug-likeness (QED) is 0.569. The largest absolute Gasteiger partial charge is 0.273 e. The third-order valence-corrected chi connectivity index (χ3v) is 3.25. The molecule has 0 aliphatic heterocycles. The Hall–Kier alpha value is -1.85. The molecule has 0 bridgehead atoms. The Kier molecular flexibility index (Phi) is 7.50. The summed E-state index contributed by atoms with van der Waals surface area (Å²) in [6, 6.07) is 1.90. The molecule has 1 aromatic heterocycles. The highest BCUT2D eigenvalue weighted by Gasteiger charge is 2.08. The predicted molar refractivity (Wildman–Crippen MR) is 81.4 cm³/mol. The van der Waals surface area contributed by atoms with Crippen molar-refractivity contribution in [3.63, 3.8) is 0 Å². The Bertz CT molecular complexity index is 468. The van der Waals surface area contributed by atoms with E-state index in [1.54, 1.807) is 4.68 Å². The molecule has 1 aromatic rings. The molecule has 6 nitrogen and oxygen atoms in total. The molecular weight excluding hydrogens is 268 g/mol. The predicted octanol–water partition coefficient (Wildman–Crippen LogP) is 2.01. The fourth-order valence-electron chi connectivity index (χ4n) is 2.10. The van der Waals surface area contributed by atoms with Gasteiger partial charge >= 0.3 is 0 Å². The van der Waals surface area contributed by atoms with E-state index in [0.717, 1.165) is 30.7 Å². The van der Waals surface area contributed by atoms with Crippen LogP contribution in [0, 0.1) is 13.8 Å². The van der Waals surface area contributed by atoms with Gasteiger partial charge in [-0.2, -0.15) is 5.10 Å². The zero-order valence-electron chi connectivity index (χ0n) is 13.2. The van der Waals surface area contributed by atoms with Crippen LogP contribution >= 0.6 is 0 Å². The van der Waals surface area contributed by atoms with E-state index in [1.807, 2.05) is 19.9 Å². The average Bonchev–Trinajstić information content (AvgIpc) is 2.74. The lowest BCUT2D eigenvalue weighted by molar-refractivity contribution is -0.129. The molecule has 0 saturated carbocycles. The molecule has 0 spiro atoms. The van der Waals surface area contributed by atoms with Gasteiger partial charge in [0.25, 0.3) is 5.91 Å². The maximum atomic E-state index is 11.7. The molecular formula is C15H26N4O2. The minimum Gasteiger partial charge on any atom is -0.273 e. The number of aryl methyl sites for hydroxylation is 2. The number of hydrogen-bond donors (Lipinski definition) is 2. The minimum absolute atomic E-state index is 0.108. The zero-order valence-corrected chi connectivity index (χ0v) is 13.2. The lowest BCUT2D eigenvalue weighted by Gasteiger charge is -2.08. The summed E-state index contributed by atoms with van der Waals surface area (Å²) in [5, 5.41) is 4.20. The molecule has 2 N–H and O–H groups in total. The summed E-state index contributed by atoms with van der Waals surface area (Å²) < 4.78 is 1.61. The molecule has 0 atom stereocenters. The number of carbonyl (C=O) groups is 2. The van der Waals surface area contributed by atoms with Crippen molar-refractivity contribution in [2.24, 2.45) is 0 Å². The first-order valence-corrected chi connectivity index (χ1v) is 7.61. The summed E-state index contributed by atoms with van der Waals surface area (Å²) in [6.45, 7) is 6.03. The second-order valence-electron chi connectivity index (χ2n) is 5.35. The number of aromatic nitrogens is 2. The molecule has 0 unspecified atom stereocenters. The van der Waals surface area contributed by atoms with Crippen LogP contribution in [0.25, 0.3) is 0 Å². The van der Waals surface area contributed by atoms with Crippen LogP contribution in [0.5, 0.6) is 0 Å². The molecule has 0 fully saturated rings. The van der Waals surface area contributed by atoms with Gasteiger partial charge in [-0.3, -0.25) is 25.1 Å². The van der Waals surface area contributed by atoms with Crippen LogP contribution in [-0.4, -0.2) is 21.6 Å². The summed E-state index contributed by atoms with van der Waals surface area (Å²) in [5.41, 5.74) is 6.65. The molecule has 21 heavy (non-hydrogen) atoms. The Morgan fingerprint density at radius 3 is 2.38 bits per heavy atom. The second-order valence-corrected chi connectivity index (χ2v) is 5.35. The summed E-state index contributed by atoms with van der Waals surface area (Å²) in [5.74, 6) is -0.422. The number of amides is 2. The normalized spacial score (nSPS) is 10.4. The average molecular weight is 294 g/mol. The Labute approximate surface area is 126 Å². The second kappa shape index (κ2) is 9.15. The Morgan fingerprint density at radius 2 is 1.76 bits per heavy atom. The highest BCUT2D eigenvalue weighted by Crippen LogP contribution is 2.04. The van der Waals surface area contributed by atoms with Crippen molar-refractivity contribution < 1.29 is 9.59 Å². The zero-order chi connectivity index (χ0) is 15.7. The van der Waals surface area contributed by atoms with Gasteiger partial charge in [-0.05, 0) is 26.3 Å². The van der Waals surface area contributed by atoms with E-state index >= 15 is 0 Å². The number of rotatable bonds is 8. The van der Waals surface area contributed by atoms with Crippen molar-refractivity contribution in [1.82, 2.24) is 20.6 Å². The van der Waals surface area contributed by atoms with Crippen molar-refractivity contribution in [3.05, 3.63) is 17.5 Å². The van der Waals surface area contributed by atoms with Crippen molar-refractivity contribution >= 4 is 11.8 Å². The van der Waals surface area contributed by atoms with Gasteiger partial charge in [-0.25, -0.2) is 0 Å². The van der Waals surface area contributed by atoms with Gasteiger partial charge in [-0.1, -0.05) is 32.6 Å². The maximum Gasteiger partial charge on any atom is 0.260 e. The van der Waals surface area contributed by atoms with Gasteiger partial charge in [0.05, 0.1) is 5.69 Å². The lowest BCUT2D eigenvalue weighted by Crippen LogP contribution is -2.43. The number of nitrogens with one attached hydrogen (secondary N) is 2. The van der Waals surface area contributed by atoms with Crippen molar-refractivity contribution in [2.75, 3.05) is 0 Å². The lowest BCUT2D eigenvalue weighted by atomic mass is 10.1. The molecule has 6 heteroatoms. The fraction of sp³-hybridized carbons (Fsp3) is 0.667. The standard InChI is InChI=1S/C15H26N4O2/c1-4-5-6-7-8-9-14(20)16-17-15(21)11-19-13(3)10-12(2)18-19/h10H,4-9,11H2,1-3H3,(H,16,20)(H,17,21). The van der Waals surface area contributed by atoms with E-state index in [1.165, 1.54) is 12.8 Å². The molecule has 1 heterocycles. The maximum absolute atomic E-state index is 11.7. The van der Waals surface area contributed by atoms with Crippen LogP contribution in [0.2, 0.25) is 0 Å². The molecule has 118 valence electrons. The summed E-state index contributed by atoms with van der Waals surface area (Å²) in [6.07, 6.45) is 5.92. The Morgan fingerprint density at radius 1 is 1.10 bits per heavy atom. The number of carbonyl (C=O) groups excluding carboxylic acids is 2. The molecule has 0 aliphatic carbocycles. The van der Waals surface area contributed by atoms with Crippen molar-refractivity contribution in [1.29, 1.82) is 0 Å². The molecule has 2 amide bonds. The van der Waals surface area contributed by atoms with E-state index in [-0.39, 0.29) is 18.4 Å². The third-order valence-electron chi connectivity index (χ3n) is 3.25. The summed E-state index contributed by atoms with van der Waals surface area (Å²) in [7, 11) is 0. The van der Waals surface area contributed by atoms with Crippen molar-refractivity contribution in [2.45, 2.75) is 65.8 Å². The van der Waals surface area contributed by atoms with Gasteiger partial charge < -0.3 is 0 Å². The van der Waals surface area contributed by atoms with Crippen molar-refractivity contribution in [3.8, 4) is 0 Å². The van der Waals surface area contributed by atoms with Crippen LogP contribution < -0.4 is 10.9 Å². The summed E-state index contributed by atoms with van der Waals surface area (Å²) >= 11 is 0. The van der Waals surface area contributed by atoms with Crippen LogP contribution in [0.3, 0.4) is 0 Å². The van der Waals surface area contributed by atoms with Crippen LogP contribution in [0.1, 0.15) is 56.8 Å². The van der Waals surface area contributed by atoms with Gasteiger partial charge in [0.15, 0.2) is 0 Å². The smallest absolute Gasteiger partial charge is 0.260 e. The van der Waals surface area contributed by atoms with Crippen LogP contribution in [0.4, 0.5) is 0 Å². The molecule has 1 rings (SSSR count). The van der Waals surface area contributed by atoms with E-state index in [9.17, 15) is 9.59 Å². The molecule has 0 saturated heterocycles. The topological polar surface area (TPSA) is 76.0 Å².